The molecule has 0 atom stereocenters. The minimum absolute atomic E-state index is 0.365. The van der Waals surface area contributed by atoms with Gasteiger partial charge in [-0.15, -0.1) is 0 Å². The fraction of sp³-hybridized carbons (Fsp3) is 0.750. The quantitative estimate of drug-likeness (QED) is 0.512. The molecule has 0 aromatic rings. The van der Waals surface area contributed by atoms with E-state index in [9.17, 15) is 4.79 Å². The highest BCUT2D eigenvalue weighted by Gasteiger charge is 2.13. The van der Waals surface area contributed by atoms with Gasteiger partial charge >= 0.3 is 9.53 Å². The van der Waals surface area contributed by atoms with Crippen molar-refractivity contribution >= 4 is 15.5 Å². The maximum absolute atomic E-state index is 10.2. The highest BCUT2D eigenvalue weighted by Crippen LogP contribution is 1.87. The second kappa shape index (κ2) is 4.48. The molecule has 0 aliphatic heterocycles. The Morgan fingerprint density at radius 1 is 1.33 bits per heavy atom. The van der Waals surface area contributed by atoms with Crippen molar-refractivity contribution in [1.29, 1.82) is 0 Å². The van der Waals surface area contributed by atoms with Gasteiger partial charge in [-0.2, -0.15) is 0 Å². The van der Waals surface area contributed by atoms with Crippen LogP contribution in [-0.2, 0) is 18.1 Å². The summed E-state index contributed by atoms with van der Waals surface area (Å²) < 4.78 is 14.0. The third kappa shape index (κ3) is 4.13. The molecular weight excluding hydrogens is 140 g/mol. The maximum Gasteiger partial charge on any atom is 0.550 e. The summed E-state index contributed by atoms with van der Waals surface area (Å²) in [5, 5.41) is 0. The third-order valence-corrected chi connectivity index (χ3v) is 1.94. The zero-order valence-electron chi connectivity index (χ0n) is 5.71. The molecule has 0 aliphatic carbocycles. The van der Waals surface area contributed by atoms with E-state index in [0.29, 0.717) is 0 Å². The molecule has 54 valence electrons. The van der Waals surface area contributed by atoms with E-state index < -0.39 is 9.53 Å². The first-order chi connectivity index (χ1) is 4.20. The lowest BCUT2D eigenvalue weighted by Gasteiger charge is -2.08. The number of carbonyl (C=O) groups excluding carboxylic acids is 1. The monoisotopic (exact) mass is 150 g/mol. The number of carbonyl (C=O) groups is 1. The second-order valence-corrected chi connectivity index (χ2v) is 3.13. The minimum Gasteiger partial charge on any atom is -0.476 e. The van der Waals surface area contributed by atoms with Crippen molar-refractivity contribution in [1.82, 2.24) is 0 Å². The van der Waals surface area contributed by atoms with E-state index in [1.807, 2.05) is 0 Å². The fourth-order valence-electron chi connectivity index (χ4n) is 0.328. The molecule has 0 spiro atoms. The molecule has 0 saturated heterocycles. The first-order valence-electron chi connectivity index (χ1n) is 2.43. The lowest BCUT2D eigenvalue weighted by atomic mass is 10.9. The third-order valence-electron chi connectivity index (χ3n) is 0.647. The molecule has 5 heteroatoms. The standard InChI is InChI=1S/C4H10O4Si/c1-4(5)8-9(6-2)7-3/h9H,1-3H3. The van der Waals surface area contributed by atoms with Gasteiger partial charge in [0.25, 0.3) is 5.97 Å². The number of hydrogen-bond acceptors (Lipinski definition) is 4. The lowest BCUT2D eigenvalue weighted by Crippen LogP contribution is -2.25. The first-order valence-corrected chi connectivity index (χ1v) is 3.85. The molecule has 0 aliphatic rings. The Kier molecular flexibility index (Phi) is 4.29. The summed E-state index contributed by atoms with van der Waals surface area (Å²) in [6.45, 7) is 1.32. The van der Waals surface area contributed by atoms with Crippen LogP contribution in [0.4, 0.5) is 0 Å². The average Bonchev–Trinajstić information content (AvgIpc) is 1.82. The van der Waals surface area contributed by atoms with Gasteiger partial charge in [-0.1, -0.05) is 0 Å². The predicted octanol–water partition coefficient (Wildman–Crippen LogP) is -0.441. The Bertz CT molecular complexity index is 90.6. The largest absolute Gasteiger partial charge is 0.550 e. The molecule has 0 aromatic carbocycles. The molecule has 0 amide bonds. The Morgan fingerprint density at radius 3 is 1.89 bits per heavy atom. The van der Waals surface area contributed by atoms with Crippen LogP contribution >= 0.6 is 0 Å². The van der Waals surface area contributed by atoms with Crippen LogP contribution < -0.4 is 0 Å². The first kappa shape index (κ1) is 8.61. The molecule has 0 heterocycles. The summed E-state index contributed by atoms with van der Waals surface area (Å²) in [6.07, 6.45) is 0. The molecular formula is C4H10O4Si. The van der Waals surface area contributed by atoms with Crippen LogP contribution in [0.15, 0.2) is 0 Å². The van der Waals surface area contributed by atoms with Crippen molar-refractivity contribution in [3.05, 3.63) is 0 Å². The molecule has 0 saturated carbocycles. The molecule has 0 unspecified atom stereocenters. The summed E-state index contributed by atoms with van der Waals surface area (Å²) in [5.74, 6) is -0.365. The maximum atomic E-state index is 10.2. The van der Waals surface area contributed by atoms with Crippen LogP contribution in [0.5, 0.6) is 0 Å². The Morgan fingerprint density at radius 2 is 1.78 bits per heavy atom. The Labute approximate surface area is 55.7 Å². The Hall–Kier alpha value is -0.393. The smallest absolute Gasteiger partial charge is 0.476 e. The zero-order valence-corrected chi connectivity index (χ0v) is 6.87. The highest BCUT2D eigenvalue weighted by atomic mass is 28.3. The SMILES string of the molecule is CO[SiH](OC)OC(C)=O. The van der Waals surface area contributed by atoms with Gasteiger partial charge in [0.2, 0.25) is 0 Å². The lowest BCUT2D eigenvalue weighted by molar-refractivity contribution is -0.134. The summed E-state index contributed by atoms with van der Waals surface area (Å²) >= 11 is 0. The normalized spacial score (nSPS) is 9.78. The molecule has 9 heavy (non-hydrogen) atoms. The van der Waals surface area contributed by atoms with Gasteiger partial charge in [-0.3, -0.25) is 4.79 Å². The molecule has 0 fully saturated rings. The van der Waals surface area contributed by atoms with Crippen LogP contribution in [0.1, 0.15) is 6.92 Å². The van der Waals surface area contributed by atoms with Crippen molar-refractivity contribution in [2.45, 2.75) is 6.92 Å². The number of rotatable bonds is 3. The van der Waals surface area contributed by atoms with Gasteiger partial charge in [-0.25, -0.2) is 0 Å². The van der Waals surface area contributed by atoms with Gasteiger partial charge in [0.05, 0.1) is 0 Å². The zero-order chi connectivity index (χ0) is 7.28. The van der Waals surface area contributed by atoms with Crippen LogP contribution in [-0.4, -0.2) is 29.7 Å². The van der Waals surface area contributed by atoms with Crippen molar-refractivity contribution in [2.24, 2.45) is 0 Å². The van der Waals surface area contributed by atoms with Crippen LogP contribution in [0.25, 0.3) is 0 Å². The summed E-state index contributed by atoms with van der Waals surface area (Å²) in [7, 11) is 0.796. The van der Waals surface area contributed by atoms with Gasteiger partial charge in [0.1, 0.15) is 0 Å². The van der Waals surface area contributed by atoms with Crippen molar-refractivity contribution in [2.75, 3.05) is 14.2 Å². The molecule has 0 aromatic heterocycles. The molecule has 0 radical (unpaired) electrons. The van der Waals surface area contributed by atoms with Gasteiger partial charge < -0.3 is 13.3 Å². The Balaban J connectivity index is 3.43. The van der Waals surface area contributed by atoms with E-state index in [-0.39, 0.29) is 5.97 Å². The van der Waals surface area contributed by atoms with E-state index >= 15 is 0 Å². The van der Waals surface area contributed by atoms with E-state index in [4.69, 9.17) is 0 Å². The fourth-order valence-corrected chi connectivity index (χ4v) is 0.984. The average molecular weight is 150 g/mol. The van der Waals surface area contributed by atoms with Crippen molar-refractivity contribution < 1.29 is 18.1 Å². The second-order valence-electron chi connectivity index (χ2n) is 1.37. The van der Waals surface area contributed by atoms with E-state index in [2.05, 4.69) is 13.3 Å². The summed E-state index contributed by atoms with van der Waals surface area (Å²) in [5.41, 5.74) is 0. The predicted molar refractivity (Wildman–Crippen MR) is 32.9 cm³/mol. The van der Waals surface area contributed by atoms with Crippen LogP contribution in [0.2, 0.25) is 0 Å². The van der Waals surface area contributed by atoms with Gasteiger partial charge in [-0.05, 0) is 0 Å². The van der Waals surface area contributed by atoms with E-state index in [0.717, 1.165) is 0 Å². The topological polar surface area (TPSA) is 44.8 Å². The molecule has 0 rings (SSSR count). The summed E-state index contributed by atoms with van der Waals surface area (Å²) in [4.78, 5) is 10.2. The minimum atomic E-state index is -2.10. The van der Waals surface area contributed by atoms with Gasteiger partial charge in [0.15, 0.2) is 0 Å². The molecule has 0 bridgehead atoms. The van der Waals surface area contributed by atoms with Crippen molar-refractivity contribution in [3.8, 4) is 0 Å². The van der Waals surface area contributed by atoms with Crippen LogP contribution in [0, 0.1) is 0 Å². The number of hydrogen-bond donors (Lipinski definition) is 0. The van der Waals surface area contributed by atoms with Crippen molar-refractivity contribution in [3.63, 3.8) is 0 Å². The van der Waals surface area contributed by atoms with Gasteiger partial charge in [0, 0.05) is 21.1 Å². The van der Waals surface area contributed by atoms with E-state index in [1.54, 1.807) is 0 Å². The molecule has 0 N–H and O–H groups in total. The summed E-state index contributed by atoms with van der Waals surface area (Å²) in [6, 6.07) is 0. The highest BCUT2D eigenvalue weighted by molar-refractivity contribution is 6.38. The molecule has 4 nitrogen and oxygen atoms in total. The van der Waals surface area contributed by atoms with Crippen LogP contribution in [0.3, 0.4) is 0 Å². The van der Waals surface area contributed by atoms with E-state index in [1.165, 1.54) is 21.1 Å².